The third-order valence-electron chi connectivity index (χ3n) is 8.04. The Kier molecular flexibility index (Phi) is 9.24. The van der Waals surface area contributed by atoms with E-state index in [9.17, 15) is 14.9 Å². The summed E-state index contributed by atoms with van der Waals surface area (Å²) in [6.07, 6.45) is 2.12. The van der Waals surface area contributed by atoms with Crippen LogP contribution in [0.15, 0.2) is 53.3 Å². The minimum Gasteiger partial charge on any atom is -0.336 e. The van der Waals surface area contributed by atoms with Crippen molar-refractivity contribution in [2.75, 3.05) is 26.2 Å². The van der Waals surface area contributed by atoms with Crippen molar-refractivity contribution >= 4 is 17.2 Å². The Bertz CT molecular complexity index is 1720. The van der Waals surface area contributed by atoms with Crippen molar-refractivity contribution in [1.29, 1.82) is 5.26 Å². The van der Waals surface area contributed by atoms with Crippen LogP contribution in [0.3, 0.4) is 0 Å². The predicted octanol–water partition coefficient (Wildman–Crippen LogP) is 6.18. The molecule has 1 amide bonds. The second kappa shape index (κ2) is 13.1. The Morgan fingerprint density at radius 3 is 2.30 bits per heavy atom. The van der Waals surface area contributed by atoms with Crippen LogP contribution in [0.2, 0.25) is 0 Å². The number of hydrogen-bond acceptors (Lipinski definition) is 6. The number of nitrogens with one attached hydrogen (secondary N) is 1. The number of carbonyl (C=O) groups is 1. The second-order valence-electron chi connectivity index (χ2n) is 11.4. The maximum Gasteiger partial charge on any atom is 0.265 e. The number of piperazine rings is 1. The van der Waals surface area contributed by atoms with Gasteiger partial charge in [-0.3, -0.25) is 14.2 Å². The highest BCUT2D eigenvalue weighted by atomic mass is 32.1. The first-order valence-electron chi connectivity index (χ1n) is 15.2. The number of benzene rings is 2. The largest absolute Gasteiger partial charge is 0.336 e. The van der Waals surface area contributed by atoms with Crippen molar-refractivity contribution in [2.24, 2.45) is 5.92 Å². The van der Waals surface area contributed by atoms with Crippen molar-refractivity contribution in [2.45, 2.75) is 53.9 Å². The molecule has 0 bridgehead atoms. The topological polar surface area (TPSA) is 91.0 Å². The zero-order valence-electron chi connectivity index (χ0n) is 25.7. The van der Waals surface area contributed by atoms with Gasteiger partial charge in [0.25, 0.3) is 11.5 Å². The summed E-state index contributed by atoms with van der Waals surface area (Å²) in [5.74, 6) is 0.190. The fourth-order valence-electron chi connectivity index (χ4n) is 5.84. The first-order valence-corrected chi connectivity index (χ1v) is 16.0. The molecule has 0 aliphatic carbocycles. The SMILES string of the molecule is CCc1cccc(CC)c1-n1c(CC(C)C)c(C(=O)N2CCNCC2)cc(-c2nc(-c3ccc(C#N)cc3)c(C)s2)c1=O. The molecule has 2 aromatic carbocycles. The average molecular weight is 594 g/mol. The standard InChI is InChI=1S/C35H39N5O2S/c1-6-25-9-8-10-26(7-2)32(25)40-30(19-22(3)4)28(34(41)39-17-15-37-16-18-39)20-29(35(40)42)33-38-31(23(5)43-33)27-13-11-24(21-36)12-14-27/h8-14,20,22,37H,6-7,15-19H2,1-5H3. The number of pyridine rings is 1. The molecule has 1 fully saturated rings. The van der Waals surface area contributed by atoms with Crippen molar-refractivity contribution in [3.63, 3.8) is 0 Å². The van der Waals surface area contributed by atoms with E-state index < -0.39 is 0 Å². The first-order chi connectivity index (χ1) is 20.8. The van der Waals surface area contributed by atoms with E-state index in [1.54, 1.807) is 12.1 Å². The van der Waals surface area contributed by atoms with Crippen LogP contribution in [-0.2, 0) is 19.3 Å². The molecule has 0 radical (unpaired) electrons. The lowest BCUT2D eigenvalue weighted by atomic mass is 9.97. The number of hydrogen-bond donors (Lipinski definition) is 1. The van der Waals surface area contributed by atoms with Gasteiger partial charge in [-0.1, -0.05) is 58.0 Å². The van der Waals surface area contributed by atoms with E-state index in [4.69, 9.17) is 4.98 Å². The lowest BCUT2D eigenvalue weighted by molar-refractivity contribution is 0.0733. The molecule has 4 aromatic rings. The first kappa shape index (κ1) is 30.4. The lowest BCUT2D eigenvalue weighted by Gasteiger charge is -2.30. The summed E-state index contributed by atoms with van der Waals surface area (Å²) >= 11 is 1.46. The van der Waals surface area contributed by atoms with E-state index in [2.05, 4.69) is 57.3 Å². The molecule has 222 valence electrons. The monoisotopic (exact) mass is 593 g/mol. The third-order valence-corrected chi connectivity index (χ3v) is 9.05. The molecule has 0 spiro atoms. The Labute approximate surface area is 257 Å². The van der Waals surface area contributed by atoms with Gasteiger partial charge in [0, 0.05) is 42.3 Å². The van der Waals surface area contributed by atoms with E-state index in [0.29, 0.717) is 41.2 Å². The number of aromatic nitrogens is 2. The van der Waals surface area contributed by atoms with Gasteiger partial charge in [-0.2, -0.15) is 5.26 Å². The van der Waals surface area contributed by atoms with Crippen molar-refractivity contribution < 1.29 is 4.79 Å². The minimum absolute atomic E-state index is 0.0419. The average Bonchev–Trinajstić information content (AvgIpc) is 3.41. The Hall–Kier alpha value is -4.06. The zero-order chi connectivity index (χ0) is 30.7. The summed E-state index contributed by atoms with van der Waals surface area (Å²) in [5, 5.41) is 13.2. The second-order valence-corrected chi connectivity index (χ2v) is 12.6. The molecule has 1 aliphatic heterocycles. The van der Waals surface area contributed by atoms with Crippen LogP contribution in [0.25, 0.3) is 27.5 Å². The maximum absolute atomic E-state index is 14.8. The van der Waals surface area contributed by atoms with Gasteiger partial charge >= 0.3 is 0 Å². The van der Waals surface area contributed by atoms with Gasteiger partial charge in [0.2, 0.25) is 0 Å². The summed E-state index contributed by atoms with van der Waals surface area (Å²) in [6, 6.07) is 17.5. The van der Waals surface area contributed by atoms with Gasteiger partial charge in [0.15, 0.2) is 0 Å². The molecule has 3 heterocycles. The fraction of sp³-hybridized carbons (Fsp3) is 0.371. The van der Waals surface area contributed by atoms with E-state index in [1.807, 2.05) is 34.6 Å². The van der Waals surface area contributed by atoms with Crippen molar-refractivity contribution in [3.05, 3.63) is 91.7 Å². The number of rotatable bonds is 8. The van der Waals surface area contributed by atoms with E-state index >= 15 is 0 Å². The van der Waals surface area contributed by atoms with E-state index in [-0.39, 0.29) is 17.4 Å². The number of amides is 1. The zero-order valence-corrected chi connectivity index (χ0v) is 26.5. The van der Waals surface area contributed by atoms with Gasteiger partial charge < -0.3 is 10.2 Å². The van der Waals surface area contributed by atoms with Crippen molar-refractivity contribution in [3.8, 4) is 33.6 Å². The summed E-state index contributed by atoms with van der Waals surface area (Å²) in [5.41, 5.74) is 6.93. The highest BCUT2D eigenvalue weighted by Gasteiger charge is 2.28. The molecular formula is C35H39N5O2S. The number of carbonyl (C=O) groups excluding carboxylic acids is 1. The molecule has 1 aliphatic rings. The van der Waals surface area contributed by atoms with Gasteiger partial charge in [-0.25, -0.2) is 4.98 Å². The molecule has 1 N–H and O–H groups in total. The number of nitrogens with zero attached hydrogens (tertiary/aromatic N) is 4. The van der Waals surface area contributed by atoms with E-state index in [1.165, 1.54) is 11.3 Å². The molecule has 8 heteroatoms. The molecule has 1 saturated heterocycles. The molecule has 43 heavy (non-hydrogen) atoms. The van der Waals surface area contributed by atoms with Crippen LogP contribution in [0.1, 0.15) is 65.3 Å². The number of para-hydroxylation sites is 1. The van der Waals surface area contributed by atoms with Crippen LogP contribution in [0.5, 0.6) is 0 Å². The van der Waals surface area contributed by atoms with E-state index in [0.717, 1.165) is 64.6 Å². The summed E-state index contributed by atoms with van der Waals surface area (Å²) in [7, 11) is 0. The summed E-state index contributed by atoms with van der Waals surface area (Å²) in [6.45, 7) is 13.2. The molecule has 0 unspecified atom stereocenters. The summed E-state index contributed by atoms with van der Waals surface area (Å²) in [4.78, 5) is 36.9. The maximum atomic E-state index is 14.8. The molecular weight excluding hydrogens is 554 g/mol. The van der Waals surface area contributed by atoms with Crippen LogP contribution in [-0.4, -0.2) is 46.5 Å². The fourth-order valence-corrected chi connectivity index (χ4v) is 6.78. The van der Waals surface area contributed by atoms with Gasteiger partial charge in [0.1, 0.15) is 5.01 Å². The lowest BCUT2D eigenvalue weighted by Crippen LogP contribution is -2.47. The molecule has 7 nitrogen and oxygen atoms in total. The smallest absolute Gasteiger partial charge is 0.265 e. The Balaban J connectivity index is 1.81. The van der Waals surface area contributed by atoms with Gasteiger partial charge in [0.05, 0.1) is 34.1 Å². The number of nitriles is 1. The van der Waals surface area contributed by atoms with Crippen molar-refractivity contribution in [1.82, 2.24) is 19.8 Å². The number of aryl methyl sites for hydroxylation is 3. The van der Waals surface area contributed by atoms with Gasteiger partial charge in [-0.15, -0.1) is 11.3 Å². The quantitative estimate of drug-likeness (QED) is 0.264. The van der Waals surface area contributed by atoms with Crippen LogP contribution in [0, 0.1) is 24.2 Å². The predicted molar refractivity (Wildman–Crippen MR) is 174 cm³/mol. The highest BCUT2D eigenvalue weighted by Crippen LogP contribution is 2.34. The third kappa shape index (κ3) is 6.06. The number of thiazole rings is 1. The molecule has 0 saturated carbocycles. The molecule has 0 atom stereocenters. The van der Waals surface area contributed by atoms with Crippen LogP contribution in [0.4, 0.5) is 0 Å². The van der Waals surface area contributed by atoms with Crippen LogP contribution >= 0.6 is 11.3 Å². The Morgan fingerprint density at radius 1 is 1.07 bits per heavy atom. The molecule has 2 aromatic heterocycles. The summed E-state index contributed by atoms with van der Waals surface area (Å²) < 4.78 is 1.85. The highest BCUT2D eigenvalue weighted by molar-refractivity contribution is 7.15. The molecule has 5 rings (SSSR count). The Morgan fingerprint density at radius 2 is 1.72 bits per heavy atom. The normalized spacial score (nSPS) is 13.4. The minimum atomic E-state index is -0.150. The van der Waals surface area contributed by atoms with Crippen LogP contribution < -0.4 is 10.9 Å². The van der Waals surface area contributed by atoms with Gasteiger partial charge in [-0.05, 0) is 61.4 Å².